The van der Waals surface area contributed by atoms with Gasteiger partial charge in [-0.2, -0.15) is 13.2 Å². The Hall–Kier alpha value is -3.98. The topological polar surface area (TPSA) is 83.0 Å². The minimum absolute atomic E-state index is 0.0685. The molecule has 0 fully saturated rings. The highest BCUT2D eigenvalue weighted by Gasteiger charge is 2.33. The van der Waals surface area contributed by atoms with Gasteiger partial charge >= 0.3 is 6.18 Å². The summed E-state index contributed by atoms with van der Waals surface area (Å²) < 4.78 is 39.5. The lowest BCUT2D eigenvalue weighted by atomic mass is 10.0. The van der Waals surface area contributed by atoms with Crippen LogP contribution in [0.2, 0.25) is 0 Å². The molecule has 0 bridgehead atoms. The number of rotatable bonds is 9. The molecular weight excluding hydrogens is 515 g/mol. The molecule has 2 atom stereocenters. The molecule has 1 aliphatic rings. The molecule has 1 aliphatic carbocycles. The van der Waals surface area contributed by atoms with E-state index in [1.54, 1.807) is 19.3 Å². The number of alkyl halides is 3. The van der Waals surface area contributed by atoms with Crippen molar-refractivity contribution in [3.63, 3.8) is 0 Å². The van der Waals surface area contributed by atoms with Crippen LogP contribution in [-0.4, -0.2) is 26.2 Å². The van der Waals surface area contributed by atoms with Crippen molar-refractivity contribution in [2.45, 2.75) is 59.7 Å². The largest absolute Gasteiger partial charge is 0.418 e. The second-order valence-electron chi connectivity index (χ2n) is 9.56. The third-order valence-electron chi connectivity index (χ3n) is 6.20. The number of aryl methyl sites for hydroxylation is 1. The predicted molar refractivity (Wildman–Crippen MR) is 155 cm³/mol. The van der Waals surface area contributed by atoms with Gasteiger partial charge in [-0.05, 0) is 50.0 Å². The average molecular weight is 552 g/mol. The third kappa shape index (κ3) is 8.26. The number of aliphatic hydroxyl groups is 1. The van der Waals surface area contributed by atoms with E-state index in [0.717, 1.165) is 34.0 Å². The first-order valence-corrected chi connectivity index (χ1v) is 13.2. The fraction of sp³-hybridized carbons (Fsp3) is 0.323. The highest BCUT2D eigenvalue weighted by molar-refractivity contribution is 5.63. The number of aliphatic hydroxyl groups excluding tert-OH is 1. The van der Waals surface area contributed by atoms with Gasteiger partial charge in [0.1, 0.15) is 0 Å². The molecule has 6 nitrogen and oxygen atoms in total. The van der Waals surface area contributed by atoms with Crippen LogP contribution in [0.25, 0.3) is 11.1 Å². The van der Waals surface area contributed by atoms with E-state index in [9.17, 15) is 18.3 Å². The molecular formula is C31H36F3N5O. The van der Waals surface area contributed by atoms with Gasteiger partial charge in [0, 0.05) is 47.4 Å². The Labute approximate surface area is 233 Å². The van der Waals surface area contributed by atoms with E-state index in [-0.39, 0.29) is 23.4 Å². The third-order valence-corrected chi connectivity index (χ3v) is 6.20. The molecule has 4 rings (SSSR count). The Morgan fingerprint density at radius 2 is 1.65 bits per heavy atom. The summed E-state index contributed by atoms with van der Waals surface area (Å²) >= 11 is 0. The Morgan fingerprint density at radius 1 is 1.00 bits per heavy atom. The number of anilines is 2. The normalized spacial score (nSPS) is 15.4. The van der Waals surface area contributed by atoms with Gasteiger partial charge in [0.15, 0.2) is 0 Å². The van der Waals surface area contributed by atoms with E-state index in [1.165, 1.54) is 13.1 Å². The standard InChI is InChI=1S/C29H30F3N5O.C2H6/c1-17-9-22(11-19(3)38)12-27(17)37-28-34-14-24(15-35-28)23-7-5-21(6-8-23)10-18(2)36-25-13-26(29(30,31)32)20(4)33-16-25;1-2/h5-9,12-16,19,22,36,38H,2,10-11H2,1,3-4H3,(H,34,35,37);1-2H3/t19-,22?;/m0./s1. The van der Waals surface area contributed by atoms with Crippen molar-refractivity contribution in [3.8, 4) is 11.1 Å². The molecule has 212 valence electrons. The summed E-state index contributed by atoms with van der Waals surface area (Å²) in [4.78, 5) is 12.7. The van der Waals surface area contributed by atoms with Crippen molar-refractivity contribution in [3.05, 3.63) is 101 Å². The average Bonchev–Trinajstić information content (AvgIpc) is 3.24. The van der Waals surface area contributed by atoms with Crippen LogP contribution in [0.1, 0.15) is 50.9 Å². The first-order chi connectivity index (χ1) is 19.0. The molecule has 2 aromatic heterocycles. The van der Waals surface area contributed by atoms with Crippen molar-refractivity contribution in [2.24, 2.45) is 5.92 Å². The lowest BCUT2D eigenvalue weighted by molar-refractivity contribution is -0.138. The molecule has 0 saturated carbocycles. The predicted octanol–water partition coefficient (Wildman–Crippen LogP) is 7.70. The first kappa shape index (κ1) is 30.6. The van der Waals surface area contributed by atoms with E-state index in [0.29, 0.717) is 24.5 Å². The summed E-state index contributed by atoms with van der Waals surface area (Å²) in [6.45, 7) is 13.1. The van der Waals surface area contributed by atoms with Crippen LogP contribution >= 0.6 is 0 Å². The lowest BCUT2D eigenvalue weighted by Crippen LogP contribution is -2.10. The van der Waals surface area contributed by atoms with Gasteiger partial charge in [0.25, 0.3) is 0 Å². The van der Waals surface area contributed by atoms with Gasteiger partial charge < -0.3 is 15.7 Å². The monoisotopic (exact) mass is 551 g/mol. The molecule has 9 heteroatoms. The number of pyridine rings is 1. The van der Waals surface area contributed by atoms with E-state index in [4.69, 9.17) is 0 Å². The zero-order valence-corrected chi connectivity index (χ0v) is 23.5. The van der Waals surface area contributed by atoms with Crippen LogP contribution < -0.4 is 10.6 Å². The molecule has 3 N–H and O–H groups in total. The molecule has 0 amide bonds. The van der Waals surface area contributed by atoms with Crippen LogP contribution in [0.3, 0.4) is 0 Å². The second-order valence-corrected chi connectivity index (χ2v) is 9.56. The summed E-state index contributed by atoms with van der Waals surface area (Å²) in [6.07, 6.45) is 5.33. The summed E-state index contributed by atoms with van der Waals surface area (Å²) in [7, 11) is 0. The van der Waals surface area contributed by atoms with Crippen LogP contribution in [0.15, 0.2) is 84.6 Å². The molecule has 0 radical (unpaired) electrons. The van der Waals surface area contributed by atoms with Gasteiger partial charge in [0.05, 0.1) is 23.6 Å². The Balaban J connectivity index is 0.00000216. The highest BCUT2D eigenvalue weighted by atomic mass is 19.4. The van der Waals surface area contributed by atoms with Crippen molar-refractivity contribution in [2.75, 3.05) is 10.6 Å². The number of hydrogen-bond acceptors (Lipinski definition) is 6. The zero-order chi connectivity index (χ0) is 29.4. The van der Waals surface area contributed by atoms with Crippen LogP contribution in [0.5, 0.6) is 0 Å². The smallest absolute Gasteiger partial charge is 0.393 e. The number of hydrogen-bond donors (Lipinski definition) is 3. The minimum atomic E-state index is -4.46. The number of nitrogens with zero attached hydrogens (tertiary/aromatic N) is 3. The number of halogens is 3. The summed E-state index contributed by atoms with van der Waals surface area (Å²) in [5, 5.41) is 15.8. The van der Waals surface area contributed by atoms with E-state index in [1.807, 2.05) is 45.0 Å². The van der Waals surface area contributed by atoms with E-state index < -0.39 is 11.7 Å². The highest BCUT2D eigenvalue weighted by Crippen LogP contribution is 2.33. The number of allylic oxidation sites excluding steroid dienone is 4. The van der Waals surface area contributed by atoms with E-state index >= 15 is 0 Å². The molecule has 0 spiro atoms. The van der Waals surface area contributed by atoms with Crippen molar-refractivity contribution < 1.29 is 18.3 Å². The van der Waals surface area contributed by atoms with Crippen molar-refractivity contribution in [1.82, 2.24) is 15.0 Å². The van der Waals surface area contributed by atoms with Crippen LogP contribution in [0.4, 0.5) is 24.8 Å². The Morgan fingerprint density at radius 3 is 2.25 bits per heavy atom. The summed E-state index contributed by atoms with van der Waals surface area (Å²) in [6, 6.07) is 8.79. The fourth-order valence-corrected chi connectivity index (χ4v) is 4.34. The Kier molecular flexibility index (Phi) is 10.2. The van der Waals surface area contributed by atoms with Gasteiger partial charge in [-0.15, -0.1) is 0 Å². The first-order valence-electron chi connectivity index (χ1n) is 13.2. The molecule has 0 saturated heterocycles. The lowest BCUT2D eigenvalue weighted by Gasteiger charge is -2.14. The quantitative estimate of drug-likeness (QED) is 0.253. The van der Waals surface area contributed by atoms with Crippen molar-refractivity contribution >= 4 is 11.6 Å². The number of aromatic nitrogens is 3. The maximum absolute atomic E-state index is 13.2. The maximum Gasteiger partial charge on any atom is 0.418 e. The van der Waals surface area contributed by atoms with Crippen LogP contribution in [-0.2, 0) is 12.6 Å². The van der Waals surface area contributed by atoms with Gasteiger partial charge in [0.2, 0.25) is 5.95 Å². The zero-order valence-electron chi connectivity index (χ0n) is 23.5. The summed E-state index contributed by atoms with van der Waals surface area (Å²) in [5.41, 5.74) is 4.73. The van der Waals surface area contributed by atoms with Gasteiger partial charge in [-0.25, -0.2) is 9.97 Å². The summed E-state index contributed by atoms with van der Waals surface area (Å²) in [5.74, 6) is 0.677. The Bertz CT molecular complexity index is 1360. The van der Waals surface area contributed by atoms with Gasteiger partial charge in [-0.3, -0.25) is 4.98 Å². The number of nitrogens with one attached hydrogen (secondary N) is 2. The second kappa shape index (κ2) is 13.4. The maximum atomic E-state index is 13.2. The molecule has 3 aromatic rings. The molecule has 2 heterocycles. The van der Waals surface area contributed by atoms with Crippen LogP contribution in [0, 0.1) is 12.8 Å². The van der Waals surface area contributed by atoms with Crippen molar-refractivity contribution in [1.29, 1.82) is 0 Å². The fourth-order valence-electron chi connectivity index (χ4n) is 4.34. The molecule has 1 unspecified atom stereocenters. The van der Waals surface area contributed by atoms with Gasteiger partial charge in [-0.1, -0.05) is 56.8 Å². The minimum Gasteiger partial charge on any atom is -0.393 e. The van der Waals surface area contributed by atoms with E-state index in [2.05, 4.69) is 44.3 Å². The molecule has 1 aromatic carbocycles. The molecule has 40 heavy (non-hydrogen) atoms. The number of benzene rings is 1. The SMILES string of the molecule is C=C(Cc1ccc(-c2cnc(NC3=CC(C[C@H](C)O)C=C3C)nc2)cc1)Nc1cnc(C)c(C(F)(F)F)c1.CC. The molecule has 0 aliphatic heterocycles.